The maximum absolute atomic E-state index is 12.5. The molecule has 3 nitrogen and oxygen atoms in total. The maximum Gasteiger partial charge on any atom is 0.251 e. The highest BCUT2D eigenvalue weighted by molar-refractivity contribution is 5.96. The predicted octanol–water partition coefficient (Wildman–Crippen LogP) is 2.79. The van der Waals surface area contributed by atoms with Gasteiger partial charge in [0.2, 0.25) is 0 Å². The standard InChI is InChI=1S/C18H23NO2/c1-14-15(9-7-13-20)8-6-12-17(14)18(21)19-16-10-4-2-3-5-11-16/h6,8,12,16,20H,2-5,10-11,13H2,1H3,(H,19,21). The van der Waals surface area contributed by atoms with Crippen LogP contribution in [0, 0.1) is 18.8 Å². The summed E-state index contributed by atoms with van der Waals surface area (Å²) >= 11 is 0. The summed E-state index contributed by atoms with van der Waals surface area (Å²) in [4.78, 5) is 12.5. The van der Waals surface area contributed by atoms with E-state index in [4.69, 9.17) is 5.11 Å². The van der Waals surface area contributed by atoms with Crippen LogP contribution in [0.2, 0.25) is 0 Å². The van der Waals surface area contributed by atoms with Gasteiger partial charge in [-0.3, -0.25) is 4.79 Å². The van der Waals surface area contributed by atoms with Crippen LogP contribution in [0.15, 0.2) is 18.2 Å². The van der Waals surface area contributed by atoms with Gasteiger partial charge < -0.3 is 10.4 Å². The minimum atomic E-state index is -0.169. The van der Waals surface area contributed by atoms with Gasteiger partial charge in [-0.1, -0.05) is 43.6 Å². The first-order valence-electron chi connectivity index (χ1n) is 7.72. The minimum absolute atomic E-state index is 0.00736. The number of aliphatic hydroxyl groups is 1. The zero-order chi connectivity index (χ0) is 15.1. The Morgan fingerprint density at radius 2 is 2.00 bits per heavy atom. The summed E-state index contributed by atoms with van der Waals surface area (Å²) in [5.74, 6) is 5.52. The molecule has 112 valence electrons. The smallest absolute Gasteiger partial charge is 0.251 e. The van der Waals surface area contributed by atoms with Crippen LogP contribution in [-0.2, 0) is 0 Å². The second-order valence-electron chi connectivity index (χ2n) is 5.60. The first kappa shape index (κ1) is 15.6. The van der Waals surface area contributed by atoms with Gasteiger partial charge in [0.25, 0.3) is 5.91 Å². The minimum Gasteiger partial charge on any atom is -0.384 e. The second-order valence-corrected chi connectivity index (χ2v) is 5.60. The third-order valence-corrected chi connectivity index (χ3v) is 4.07. The fourth-order valence-corrected chi connectivity index (χ4v) is 2.84. The van der Waals surface area contributed by atoms with E-state index < -0.39 is 0 Å². The highest BCUT2D eigenvalue weighted by Gasteiger charge is 2.17. The number of carbonyl (C=O) groups excluding carboxylic acids is 1. The lowest BCUT2D eigenvalue weighted by Crippen LogP contribution is -2.34. The molecule has 0 aliphatic heterocycles. The number of hydrogen-bond acceptors (Lipinski definition) is 2. The van der Waals surface area contributed by atoms with Crippen molar-refractivity contribution in [3.8, 4) is 11.8 Å². The van der Waals surface area contributed by atoms with Gasteiger partial charge in [0.15, 0.2) is 0 Å². The van der Waals surface area contributed by atoms with E-state index >= 15 is 0 Å². The van der Waals surface area contributed by atoms with Crippen LogP contribution in [0.5, 0.6) is 0 Å². The highest BCUT2D eigenvalue weighted by atomic mass is 16.2. The van der Waals surface area contributed by atoms with Crippen LogP contribution >= 0.6 is 0 Å². The summed E-state index contributed by atoms with van der Waals surface area (Å²) < 4.78 is 0. The number of nitrogens with one attached hydrogen (secondary N) is 1. The molecule has 0 spiro atoms. The molecular weight excluding hydrogens is 262 g/mol. The van der Waals surface area contributed by atoms with Gasteiger partial charge in [0.1, 0.15) is 6.61 Å². The lowest BCUT2D eigenvalue weighted by Gasteiger charge is -2.17. The molecule has 21 heavy (non-hydrogen) atoms. The lowest BCUT2D eigenvalue weighted by molar-refractivity contribution is 0.0932. The Bertz CT molecular complexity index is 546. The molecule has 1 saturated carbocycles. The van der Waals surface area contributed by atoms with Crippen molar-refractivity contribution in [2.75, 3.05) is 6.61 Å². The third kappa shape index (κ3) is 4.34. The molecule has 1 aliphatic carbocycles. The van der Waals surface area contributed by atoms with Crippen molar-refractivity contribution in [3.63, 3.8) is 0 Å². The monoisotopic (exact) mass is 285 g/mol. The van der Waals surface area contributed by atoms with Crippen LogP contribution in [0.3, 0.4) is 0 Å². The van der Waals surface area contributed by atoms with E-state index in [1.165, 1.54) is 25.7 Å². The van der Waals surface area contributed by atoms with Gasteiger partial charge in [-0.25, -0.2) is 0 Å². The molecule has 0 heterocycles. The van der Waals surface area contributed by atoms with Crippen LogP contribution in [0.25, 0.3) is 0 Å². The topological polar surface area (TPSA) is 49.3 Å². The molecule has 1 fully saturated rings. The maximum atomic E-state index is 12.5. The van der Waals surface area contributed by atoms with Crippen molar-refractivity contribution >= 4 is 5.91 Å². The number of aliphatic hydroxyl groups excluding tert-OH is 1. The Hall–Kier alpha value is -1.79. The van der Waals surface area contributed by atoms with E-state index in [2.05, 4.69) is 17.2 Å². The SMILES string of the molecule is Cc1c(C#CCO)cccc1C(=O)NC1CCCCCC1. The van der Waals surface area contributed by atoms with Crippen molar-refractivity contribution < 1.29 is 9.90 Å². The van der Waals surface area contributed by atoms with E-state index in [-0.39, 0.29) is 12.5 Å². The third-order valence-electron chi connectivity index (χ3n) is 4.07. The van der Waals surface area contributed by atoms with E-state index in [9.17, 15) is 4.79 Å². The van der Waals surface area contributed by atoms with Gasteiger partial charge >= 0.3 is 0 Å². The Morgan fingerprint density at radius 1 is 1.29 bits per heavy atom. The summed E-state index contributed by atoms with van der Waals surface area (Å²) in [7, 11) is 0. The average Bonchev–Trinajstić information content (AvgIpc) is 2.74. The summed E-state index contributed by atoms with van der Waals surface area (Å²) in [6.07, 6.45) is 7.11. The Labute approximate surface area is 126 Å². The fourth-order valence-electron chi connectivity index (χ4n) is 2.84. The molecule has 3 heteroatoms. The van der Waals surface area contributed by atoms with Crippen LogP contribution in [0.1, 0.15) is 60.0 Å². The van der Waals surface area contributed by atoms with Gasteiger partial charge in [-0.15, -0.1) is 0 Å². The van der Waals surface area contributed by atoms with Crippen LogP contribution in [-0.4, -0.2) is 23.7 Å². The predicted molar refractivity (Wildman–Crippen MR) is 84.1 cm³/mol. The molecule has 2 rings (SSSR count). The van der Waals surface area contributed by atoms with E-state index in [1.54, 1.807) is 0 Å². The second kappa shape index (κ2) is 7.85. The Morgan fingerprint density at radius 3 is 2.67 bits per heavy atom. The van der Waals surface area contributed by atoms with E-state index in [1.807, 2.05) is 25.1 Å². The van der Waals surface area contributed by atoms with Crippen LogP contribution in [0.4, 0.5) is 0 Å². The normalized spacial score (nSPS) is 15.7. The quantitative estimate of drug-likeness (QED) is 0.648. The molecule has 1 aromatic rings. The van der Waals surface area contributed by atoms with Gasteiger partial charge in [0, 0.05) is 17.2 Å². The van der Waals surface area contributed by atoms with Crippen molar-refractivity contribution in [2.24, 2.45) is 0 Å². The highest BCUT2D eigenvalue weighted by Crippen LogP contribution is 2.19. The van der Waals surface area contributed by atoms with E-state index in [0.717, 1.165) is 24.0 Å². The number of hydrogen-bond donors (Lipinski definition) is 2. The molecule has 1 aliphatic rings. The summed E-state index contributed by atoms with van der Waals surface area (Å²) in [6, 6.07) is 5.86. The Kier molecular flexibility index (Phi) is 5.83. The molecule has 0 unspecified atom stereocenters. The van der Waals surface area contributed by atoms with Crippen molar-refractivity contribution in [3.05, 3.63) is 34.9 Å². The molecule has 0 bridgehead atoms. The van der Waals surface area contributed by atoms with Crippen molar-refractivity contribution in [1.29, 1.82) is 0 Å². The summed E-state index contributed by atoms with van der Waals surface area (Å²) in [5, 5.41) is 11.9. The number of carbonyl (C=O) groups is 1. The van der Waals surface area contributed by atoms with Gasteiger partial charge in [-0.2, -0.15) is 0 Å². The largest absolute Gasteiger partial charge is 0.384 e. The van der Waals surface area contributed by atoms with Gasteiger partial charge in [0.05, 0.1) is 0 Å². The number of amides is 1. The molecule has 0 aromatic heterocycles. The first-order valence-corrected chi connectivity index (χ1v) is 7.72. The molecule has 1 amide bonds. The lowest BCUT2D eigenvalue weighted by atomic mass is 10.0. The number of benzene rings is 1. The summed E-state index contributed by atoms with van der Waals surface area (Å²) in [5.41, 5.74) is 2.37. The molecule has 0 saturated heterocycles. The summed E-state index contributed by atoms with van der Waals surface area (Å²) in [6.45, 7) is 1.74. The molecule has 0 atom stereocenters. The zero-order valence-corrected chi connectivity index (χ0v) is 12.6. The molecular formula is C18H23NO2. The first-order chi connectivity index (χ1) is 10.2. The zero-order valence-electron chi connectivity index (χ0n) is 12.6. The van der Waals surface area contributed by atoms with Gasteiger partial charge in [-0.05, 0) is 37.5 Å². The van der Waals surface area contributed by atoms with E-state index in [0.29, 0.717) is 11.6 Å². The molecule has 1 aromatic carbocycles. The van der Waals surface area contributed by atoms with Crippen molar-refractivity contribution in [2.45, 2.75) is 51.5 Å². The Balaban J connectivity index is 2.11. The molecule has 0 radical (unpaired) electrons. The fraction of sp³-hybridized carbons (Fsp3) is 0.500. The average molecular weight is 285 g/mol. The van der Waals surface area contributed by atoms with Crippen molar-refractivity contribution in [1.82, 2.24) is 5.32 Å². The van der Waals surface area contributed by atoms with Crippen LogP contribution < -0.4 is 5.32 Å². The molecule has 2 N–H and O–H groups in total. The number of rotatable bonds is 2.